The molecule has 0 fully saturated rings. The van der Waals surface area contributed by atoms with E-state index in [-0.39, 0.29) is 22.2 Å². The third-order valence-electron chi connectivity index (χ3n) is 2.37. The molecule has 7 heteroatoms. The van der Waals surface area contributed by atoms with E-state index in [1.165, 1.54) is 18.2 Å². The second-order valence-electron chi connectivity index (χ2n) is 3.96. The van der Waals surface area contributed by atoms with Gasteiger partial charge in [-0.15, -0.1) is 0 Å². The molecule has 0 spiro atoms. The summed E-state index contributed by atoms with van der Waals surface area (Å²) < 4.78 is 0. The molecule has 0 aliphatic heterocycles. The van der Waals surface area contributed by atoms with Gasteiger partial charge in [0.25, 0.3) is 11.6 Å². The molecule has 1 rings (SSSR count). The maximum Gasteiger partial charge on any atom is 0.271 e. The van der Waals surface area contributed by atoms with Gasteiger partial charge in [0, 0.05) is 35.8 Å². The predicted molar refractivity (Wildman–Crippen MR) is 73.6 cm³/mol. The van der Waals surface area contributed by atoms with Gasteiger partial charge >= 0.3 is 0 Å². The Morgan fingerprint density at radius 2 is 2.05 bits per heavy atom. The van der Waals surface area contributed by atoms with E-state index in [9.17, 15) is 14.9 Å². The van der Waals surface area contributed by atoms with Gasteiger partial charge < -0.3 is 10.6 Å². The highest BCUT2D eigenvalue weighted by atomic mass is 35.5. The average molecular weight is 286 g/mol. The van der Waals surface area contributed by atoms with E-state index in [0.717, 1.165) is 13.0 Å². The topological polar surface area (TPSA) is 84.3 Å². The summed E-state index contributed by atoms with van der Waals surface area (Å²) in [5, 5.41) is 16.6. The molecule has 19 heavy (non-hydrogen) atoms. The first-order valence-electron chi connectivity index (χ1n) is 5.98. The number of non-ortho nitro benzene ring substituents is 1. The van der Waals surface area contributed by atoms with Crippen LogP contribution < -0.4 is 10.6 Å². The second kappa shape index (κ2) is 7.70. The molecular weight excluding hydrogens is 270 g/mol. The fourth-order valence-electron chi connectivity index (χ4n) is 1.48. The number of nitro benzene ring substituents is 1. The number of benzene rings is 1. The van der Waals surface area contributed by atoms with Gasteiger partial charge in [-0.2, -0.15) is 0 Å². The molecule has 0 atom stereocenters. The van der Waals surface area contributed by atoms with Crippen LogP contribution in [0.1, 0.15) is 23.7 Å². The Kier molecular flexibility index (Phi) is 6.24. The first-order valence-corrected chi connectivity index (χ1v) is 6.36. The van der Waals surface area contributed by atoms with Crippen LogP contribution in [0.25, 0.3) is 0 Å². The maximum atomic E-state index is 11.8. The smallest absolute Gasteiger partial charge is 0.271 e. The minimum absolute atomic E-state index is 0.170. The van der Waals surface area contributed by atoms with Crippen LogP contribution in [0.3, 0.4) is 0 Å². The van der Waals surface area contributed by atoms with Crippen LogP contribution in [0.15, 0.2) is 18.2 Å². The van der Waals surface area contributed by atoms with Gasteiger partial charge in [-0.25, -0.2) is 0 Å². The fraction of sp³-hybridized carbons (Fsp3) is 0.417. The Hall–Kier alpha value is -1.66. The number of hydrogen-bond donors (Lipinski definition) is 2. The Morgan fingerprint density at radius 3 is 2.68 bits per heavy atom. The van der Waals surface area contributed by atoms with E-state index in [1.54, 1.807) is 0 Å². The van der Waals surface area contributed by atoms with Crippen LogP contribution in [0, 0.1) is 10.1 Å². The van der Waals surface area contributed by atoms with Crippen molar-refractivity contribution in [2.75, 3.05) is 19.6 Å². The van der Waals surface area contributed by atoms with Crippen LogP contribution in [-0.2, 0) is 0 Å². The third kappa shape index (κ3) is 5.23. The van der Waals surface area contributed by atoms with Crippen LogP contribution in [-0.4, -0.2) is 30.5 Å². The standard InChI is InChI=1S/C12H16ClN3O3/c1-2-3-14-4-5-15-12(17)9-6-10(13)8-11(7-9)16(18)19/h6-8,14H,2-5H2,1H3,(H,15,17). The van der Waals surface area contributed by atoms with E-state index >= 15 is 0 Å². The van der Waals surface area contributed by atoms with Crippen molar-refractivity contribution < 1.29 is 9.72 Å². The van der Waals surface area contributed by atoms with Gasteiger partial charge in [0.05, 0.1) is 4.92 Å². The van der Waals surface area contributed by atoms with Crippen molar-refractivity contribution in [1.82, 2.24) is 10.6 Å². The zero-order valence-electron chi connectivity index (χ0n) is 10.6. The molecule has 0 aliphatic rings. The normalized spacial score (nSPS) is 10.2. The number of halogens is 1. The van der Waals surface area contributed by atoms with E-state index in [1.807, 2.05) is 0 Å². The molecule has 0 radical (unpaired) electrons. The van der Waals surface area contributed by atoms with E-state index in [4.69, 9.17) is 11.6 Å². The summed E-state index contributed by atoms with van der Waals surface area (Å²) in [7, 11) is 0. The lowest BCUT2D eigenvalue weighted by Gasteiger charge is -2.06. The summed E-state index contributed by atoms with van der Waals surface area (Å²) in [5.74, 6) is -0.371. The van der Waals surface area contributed by atoms with Crippen molar-refractivity contribution >= 4 is 23.2 Å². The van der Waals surface area contributed by atoms with Crippen molar-refractivity contribution in [3.05, 3.63) is 38.9 Å². The highest BCUT2D eigenvalue weighted by molar-refractivity contribution is 6.31. The zero-order valence-corrected chi connectivity index (χ0v) is 11.4. The molecule has 6 nitrogen and oxygen atoms in total. The van der Waals surface area contributed by atoms with Crippen molar-refractivity contribution in [3.63, 3.8) is 0 Å². The Morgan fingerprint density at radius 1 is 1.32 bits per heavy atom. The van der Waals surface area contributed by atoms with E-state index in [0.29, 0.717) is 13.1 Å². The fourth-order valence-corrected chi connectivity index (χ4v) is 1.71. The van der Waals surface area contributed by atoms with Gasteiger partial charge in [0.2, 0.25) is 0 Å². The lowest BCUT2D eigenvalue weighted by atomic mass is 10.2. The molecular formula is C12H16ClN3O3. The van der Waals surface area contributed by atoms with Crippen LogP contribution in [0.5, 0.6) is 0 Å². The SMILES string of the molecule is CCCNCCNC(=O)c1cc(Cl)cc([N+](=O)[O-])c1. The van der Waals surface area contributed by atoms with Gasteiger partial charge in [0.15, 0.2) is 0 Å². The lowest BCUT2D eigenvalue weighted by molar-refractivity contribution is -0.384. The summed E-state index contributed by atoms with van der Waals surface area (Å²) >= 11 is 5.74. The second-order valence-corrected chi connectivity index (χ2v) is 4.40. The van der Waals surface area contributed by atoms with Crippen molar-refractivity contribution in [2.24, 2.45) is 0 Å². The highest BCUT2D eigenvalue weighted by Crippen LogP contribution is 2.20. The van der Waals surface area contributed by atoms with E-state index < -0.39 is 4.92 Å². The van der Waals surface area contributed by atoms with Crippen LogP contribution in [0.4, 0.5) is 5.69 Å². The van der Waals surface area contributed by atoms with Gasteiger partial charge in [-0.1, -0.05) is 18.5 Å². The number of nitrogens with one attached hydrogen (secondary N) is 2. The molecule has 0 bridgehead atoms. The Labute approximate surface area is 116 Å². The molecule has 104 valence electrons. The van der Waals surface area contributed by atoms with Crippen molar-refractivity contribution in [2.45, 2.75) is 13.3 Å². The van der Waals surface area contributed by atoms with Crippen LogP contribution >= 0.6 is 11.6 Å². The van der Waals surface area contributed by atoms with Crippen molar-refractivity contribution in [1.29, 1.82) is 0 Å². The first kappa shape index (κ1) is 15.4. The summed E-state index contributed by atoms with van der Waals surface area (Å²) in [6, 6.07) is 3.82. The minimum Gasteiger partial charge on any atom is -0.351 e. The Balaban J connectivity index is 2.59. The zero-order chi connectivity index (χ0) is 14.3. The van der Waals surface area contributed by atoms with Gasteiger partial charge in [0.1, 0.15) is 0 Å². The highest BCUT2D eigenvalue weighted by Gasteiger charge is 2.13. The first-order chi connectivity index (χ1) is 9.04. The molecule has 2 N–H and O–H groups in total. The number of amides is 1. The number of nitro groups is 1. The monoisotopic (exact) mass is 285 g/mol. The van der Waals surface area contributed by atoms with Crippen LogP contribution in [0.2, 0.25) is 5.02 Å². The minimum atomic E-state index is -0.578. The number of carbonyl (C=O) groups excluding carboxylic acids is 1. The summed E-state index contributed by atoms with van der Waals surface area (Å²) in [6.45, 7) is 4.05. The van der Waals surface area contributed by atoms with Gasteiger partial charge in [-0.05, 0) is 19.0 Å². The van der Waals surface area contributed by atoms with Crippen molar-refractivity contribution in [3.8, 4) is 0 Å². The van der Waals surface area contributed by atoms with Gasteiger partial charge in [-0.3, -0.25) is 14.9 Å². The molecule has 1 amide bonds. The lowest BCUT2D eigenvalue weighted by Crippen LogP contribution is -2.32. The number of nitrogens with zero attached hydrogens (tertiary/aromatic N) is 1. The molecule has 0 unspecified atom stereocenters. The molecule has 0 aromatic heterocycles. The van der Waals surface area contributed by atoms with E-state index in [2.05, 4.69) is 17.6 Å². The molecule has 0 aliphatic carbocycles. The average Bonchev–Trinajstić information content (AvgIpc) is 2.37. The number of hydrogen-bond acceptors (Lipinski definition) is 4. The molecule has 0 heterocycles. The summed E-state index contributed by atoms with van der Waals surface area (Å²) in [5.41, 5.74) is -0.00329. The number of carbonyl (C=O) groups is 1. The number of rotatable bonds is 7. The molecule has 0 saturated heterocycles. The summed E-state index contributed by atoms with van der Waals surface area (Å²) in [6.07, 6.45) is 1.02. The predicted octanol–water partition coefficient (Wildman–Crippen LogP) is 1.98. The maximum absolute atomic E-state index is 11.8. The quantitative estimate of drug-likeness (QED) is 0.456. The molecule has 1 aromatic rings. The largest absolute Gasteiger partial charge is 0.351 e. The third-order valence-corrected chi connectivity index (χ3v) is 2.59. The molecule has 0 saturated carbocycles. The molecule has 1 aromatic carbocycles. The summed E-state index contributed by atoms with van der Waals surface area (Å²) in [4.78, 5) is 21.9. The Bertz CT molecular complexity index is 466.